The first-order chi connectivity index (χ1) is 9.02. The fraction of sp³-hybridized carbons (Fsp3) is 0.933. The molecule has 0 bridgehead atoms. The Labute approximate surface area is 119 Å². The molecule has 0 aromatic carbocycles. The molecule has 0 aliphatic carbocycles. The van der Waals surface area contributed by atoms with E-state index in [-0.39, 0.29) is 17.3 Å². The molecule has 0 atom stereocenters. The van der Waals surface area contributed by atoms with E-state index >= 15 is 0 Å². The maximum atomic E-state index is 11.6. The Morgan fingerprint density at radius 2 is 1.32 bits per heavy atom. The van der Waals surface area contributed by atoms with Crippen LogP contribution in [-0.4, -0.2) is 25.7 Å². The van der Waals surface area contributed by atoms with Crippen molar-refractivity contribution in [1.29, 1.82) is 0 Å². The lowest BCUT2D eigenvalue weighted by Gasteiger charge is -2.02. The van der Waals surface area contributed by atoms with Gasteiger partial charge in [-0.3, -0.25) is 4.79 Å². The Morgan fingerprint density at radius 1 is 0.789 bits per heavy atom. The Hall–Kier alpha value is -0.380. The van der Waals surface area contributed by atoms with E-state index in [1.165, 1.54) is 32.1 Å². The van der Waals surface area contributed by atoms with Gasteiger partial charge < -0.3 is 0 Å². The van der Waals surface area contributed by atoms with E-state index < -0.39 is 9.84 Å². The molecule has 0 saturated heterocycles. The molecule has 3 nitrogen and oxygen atoms in total. The smallest absolute Gasteiger partial charge is 0.150 e. The van der Waals surface area contributed by atoms with Crippen LogP contribution in [0.5, 0.6) is 0 Å². The Morgan fingerprint density at radius 3 is 1.89 bits per heavy atom. The van der Waals surface area contributed by atoms with Gasteiger partial charge in [-0.2, -0.15) is 0 Å². The summed E-state index contributed by atoms with van der Waals surface area (Å²) in [4.78, 5) is 11.6. The van der Waals surface area contributed by atoms with Crippen molar-refractivity contribution in [3.05, 3.63) is 0 Å². The van der Waals surface area contributed by atoms with Crippen LogP contribution < -0.4 is 0 Å². The third-order valence-corrected chi connectivity index (χ3v) is 5.20. The van der Waals surface area contributed by atoms with E-state index in [9.17, 15) is 13.2 Å². The second-order valence-corrected chi connectivity index (χ2v) is 7.72. The van der Waals surface area contributed by atoms with Crippen molar-refractivity contribution in [2.24, 2.45) is 0 Å². The van der Waals surface area contributed by atoms with Crippen molar-refractivity contribution in [1.82, 2.24) is 0 Å². The van der Waals surface area contributed by atoms with Crippen LogP contribution in [0.4, 0.5) is 0 Å². The average molecular weight is 290 g/mol. The van der Waals surface area contributed by atoms with E-state index in [0.29, 0.717) is 19.3 Å². The summed E-state index contributed by atoms with van der Waals surface area (Å²) in [5.41, 5.74) is 0. The van der Waals surface area contributed by atoms with Crippen LogP contribution in [0.3, 0.4) is 0 Å². The second-order valence-electron chi connectivity index (χ2n) is 5.25. The lowest BCUT2D eigenvalue weighted by Crippen LogP contribution is -2.10. The summed E-state index contributed by atoms with van der Waals surface area (Å²) >= 11 is 0. The fourth-order valence-electron chi connectivity index (χ4n) is 2.04. The number of hydrogen-bond donors (Lipinski definition) is 0. The quantitative estimate of drug-likeness (QED) is 0.483. The predicted molar refractivity (Wildman–Crippen MR) is 81.2 cm³/mol. The van der Waals surface area contributed by atoms with Gasteiger partial charge in [0.25, 0.3) is 0 Å². The van der Waals surface area contributed by atoms with Crippen molar-refractivity contribution in [3.8, 4) is 0 Å². The first-order valence-corrected chi connectivity index (χ1v) is 9.56. The van der Waals surface area contributed by atoms with Gasteiger partial charge in [-0.1, -0.05) is 52.4 Å². The molecule has 0 aliphatic rings. The topological polar surface area (TPSA) is 51.2 Å². The van der Waals surface area contributed by atoms with E-state index in [2.05, 4.69) is 6.92 Å². The summed E-state index contributed by atoms with van der Waals surface area (Å²) in [6, 6.07) is 0. The number of carbonyl (C=O) groups excluding carboxylic acids is 1. The van der Waals surface area contributed by atoms with Gasteiger partial charge in [0.1, 0.15) is 15.6 Å². The van der Waals surface area contributed by atoms with Gasteiger partial charge in [0.15, 0.2) is 0 Å². The molecule has 0 aliphatic heterocycles. The first-order valence-electron chi connectivity index (χ1n) is 7.74. The molecule has 0 unspecified atom stereocenters. The van der Waals surface area contributed by atoms with Gasteiger partial charge in [0.2, 0.25) is 0 Å². The molecule has 4 heteroatoms. The average Bonchev–Trinajstić information content (AvgIpc) is 2.37. The predicted octanol–water partition coefficient (Wildman–Crippen LogP) is 3.91. The zero-order chi connectivity index (χ0) is 14.6. The molecule has 0 heterocycles. The Bertz CT molecular complexity index is 320. The van der Waals surface area contributed by atoms with Gasteiger partial charge in [-0.05, 0) is 12.8 Å². The third kappa shape index (κ3) is 12.4. The number of Topliss-reactive ketones (excluding diaryl/α,β-unsaturated/α-hetero) is 1. The minimum atomic E-state index is -2.91. The van der Waals surface area contributed by atoms with Crippen LogP contribution >= 0.6 is 0 Å². The Balaban J connectivity index is 3.40. The zero-order valence-corrected chi connectivity index (χ0v) is 13.4. The lowest BCUT2D eigenvalue weighted by atomic mass is 10.1. The van der Waals surface area contributed by atoms with Crippen molar-refractivity contribution in [2.45, 2.75) is 78.1 Å². The monoisotopic (exact) mass is 290 g/mol. The molecule has 0 fully saturated rings. The van der Waals surface area contributed by atoms with Crippen molar-refractivity contribution < 1.29 is 13.2 Å². The molecule has 0 N–H and O–H groups in total. The number of hydrogen-bond acceptors (Lipinski definition) is 3. The SMILES string of the molecule is CCCCCCCCCC(=O)CCCS(=O)(=O)CC. The van der Waals surface area contributed by atoms with Crippen LogP contribution in [0.1, 0.15) is 78.1 Å². The van der Waals surface area contributed by atoms with Crippen LogP contribution in [0, 0.1) is 0 Å². The van der Waals surface area contributed by atoms with Gasteiger partial charge in [-0.25, -0.2) is 8.42 Å². The molecular formula is C15H30O3S. The van der Waals surface area contributed by atoms with Gasteiger partial charge in [-0.15, -0.1) is 0 Å². The molecule has 19 heavy (non-hydrogen) atoms. The van der Waals surface area contributed by atoms with E-state index in [1.54, 1.807) is 6.92 Å². The molecule has 0 saturated carbocycles. The van der Waals surface area contributed by atoms with Crippen molar-refractivity contribution >= 4 is 15.6 Å². The van der Waals surface area contributed by atoms with Gasteiger partial charge in [0.05, 0.1) is 5.75 Å². The second kappa shape index (κ2) is 11.4. The maximum Gasteiger partial charge on any atom is 0.150 e. The maximum absolute atomic E-state index is 11.6. The fourth-order valence-corrected chi connectivity index (χ4v) is 2.91. The van der Waals surface area contributed by atoms with E-state index in [0.717, 1.165) is 12.8 Å². The zero-order valence-electron chi connectivity index (χ0n) is 12.6. The minimum absolute atomic E-state index is 0.159. The summed E-state index contributed by atoms with van der Waals surface area (Å²) in [5.74, 6) is 0.561. The van der Waals surface area contributed by atoms with E-state index in [4.69, 9.17) is 0 Å². The van der Waals surface area contributed by atoms with Crippen LogP contribution in [-0.2, 0) is 14.6 Å². The first kappa shape index (κ1) is 18.6. The number of rotatable bonds is 13. The molecular weight excluding hydrogens is 260 g/mol. The third-order valence-electron chi connectivity index (χ3n) is 3.41. The molecule has 0 spiro atoms. The van der Waals surface area contributed by atoms with Crippen LogP contribution in [0.25, 0.3) is 0 Å². The highest BCUT2D eigenvalue weighted by Crippen LogP contribution is 2.10. The highest BCUT2D eigenvalue weighted by atomic mass is 32.2. The number of carbonyl (C=O) groups is 1. The number of sulfone groups is 1. The van der Waals surface area contributed by atoms with Crippen LogP contribution in [0.15, 0.2) is 0 Å². The van der Waals surface area contributed by atoms with E-state index in [1.807, 2.05) is 0 Å². The standard InChI is InChI=1S/C15H30O3S/c1-3-5-6-7-8-9-10-12-15(16)13-11-14-19(17,18)4-2/h3-14H2,1-2H3. The van der Waals surface area contributed by atoms with Crippen LogP contribution in [0.2, 0.25) is 0 Å². The summed E-state index contributed by atoms with van der Waals surface area (Å²) in [7, 11) is -2.91. The molecule has 0 radical (unpaired) electrons. The minimum Gasteiger partial charge on any atom is -0.300 e. The summed E-state index contributed by atoms with van der Waals surface area (Å²) in [6.07, 6.45) is 10.0. The molecule has 0 aromatic heterocycles. The van der Waals surface area contributed by atoms with Gasteiger partial charge >= 0.3 is 0 Å². The van der Waals surface area contributed by atoms with Gasteiger partial charge in [0, 0.05) is 18.6 Å². The molecule has 114 valence electrons. The number of unbranched alkanes of at least 4 members (excludes halogenated alkanes) is 6. The highest BCUT2D eigenvalue weighted by Gasteiger charge is 2.09. The summed E-state index contributed by atoms with van der Waals surface area (Å²) in [5, 5.41) is 0. The number of ketones is 1. The molecule has 0 aromatic rings. The lowest BCUT2D eigenvalue weighted by molar-refractivity contribution is -0.119. The normalized spacial score (nSPS) is 11.7. The largest absolute Gasteiger partial charge is 0.300 e. The van der Waals surface area contributed by atoms with Crippen molar-refractivity contribution in [2.75, 3.05) is 11.5 Å². The van der Waals surface area contributed by atoms with Crippen molar-refractivity contribution in [3.63, 3.8) is 0 Å². The summed E-state index contributed by atoms with van der Waals surface area (Å²) < 4.78 is 22.5. The Kier molecular flexibility index (Phi) is 11.2. The highest BCUT2D eigenvalue weighted by molar-refractivity contribution is 7.91. The molecule has 0 amide bonds. The summed E-state index contributed by atoms with van der Waals surface area (Å²) in [6.45, 7) is 3.85. The molecule has 0 rings (SSSR count).